The van der Waals surface area contributed by atoms with Gasteiger partial charge in [0.1, 0.15) is 5.75 Å². The molecule has 2 aromatic carbocycles. The average Bonchev–Trinajstić information content (AvgIpc) is 2.66. The highest BCUT2D eigenvalue weighted by molar-refractivity contribution is 5.72. The molecular weight excluding hydrogens is 318 g/mol. The van der Waals surface area contributed by atoms with Crippen molar-refractivity contribution < 1.29 is 4.74 Å². The second-order valence-electron chi connectivity index (χ2n) is 8.77. The Morgan fingerprint density at radius 3 is 2.23 bits per heavy atom. The quantitative estimate of drug-likeness (QED) is 0.716. The summed E-state index contributed by atoms with van der Waals surface area (Å²) in [5, 5.41) is 9.51. The Morgan fingerprint density at radius 1 is 0.962 bits per heavy atom. The molecule has 6 rings (SSSR count). The van der Waals surface area contributed by atoms with Crippen LogP contribution in [-0.4, -0.2) is 7.11 Å². The molecule has 0 spiro atoms. The van der Waals surface area contributed by atoms with Gasteiger partial charge < -0.3 is 4.74 Å². The molecule has 0 radical (unpaired) electrons. The number of methoxy groups -OCH3 is 1. The van der Waals surface area contributed by atoms with E-state index < -0.39 is 0 Å². The van der Waals surface area contributed by atoms with Crippen LogP contribution in [0.4, 0.5) is 0 Å². The highest BCUT2D eigenvalue weighted by atomic mass is 16.5. The van der Waals surface area contributed by atoms with Gasteiger partial charge in [-0.25, -0.2) is 0 Å². The number of ether oxygens (including phenoxy) is 1. The number of nitriles is 1. The molecule has 0 unspecified atom stereocenters. The third kappa shape index (κ3) is 2.37. The molecule has 4 aliphatic carbocycles. The van der Waals surface area contributed by atoms with Crippen molar-refractivity contribution in [3.8, 4) is 22.9 Å². The molecule has 4 bridgehead atoms. The lowest BCUT2D eigenvalue weighted by molar-refractivity contribution is -0.00613. The first-order valence-corrected chi connectivity index (χ1v) is 9.89. The van der Waals surface area contributed by atoms with Gasteiger partial charge in [-0.3, -0.25) is 0 Å². The van der Waals surface area contributed by atoms with E-state index in [0.29, 0.717) is 0 Å². The molecule has 4 fully saturated rings. The summed E-state index contributed by atoms with van der Waals surface area (Å²) in [5.74, 6) is 3.74. The largest absolute Gasteiger partial charge is 0.496 e. The molecule has 26 heavy (non-hydrogen) atoms. The Labute approximate surface area is 155 Å². The van der Waals surface area contributed by atoms with Crippen molar-refractivity contribution in [1.29, 1.82) is 5.26 Å². The summed E-state index contributed by atoms with van der Waals surface area (Å²) in [5.41, 5.74) is 4.60. The van der Waals surface area contributed by atoms with Gasteiger partial charge in [-0.15, -0.1) is 0 Å². The summed E-state index contributed by atoms with van der Waals surface area (Å²) in [6.45, 7) is 0. The lowest BCUT2D eigenvalue weighted by atomic mass is 9.48. The Morgan fingerprint density at radius 2 is 1.62 bits per heavy atom. The minimum Gasteiger partial charge on any atom is -0.496 e. The molecule has 2 nitrogen and oxygen atoms in total. The summed E-state index contributed by atoms with van der Waals surface area (Å²) >= 11 is 0. The van der Waals surface area contributed by atoms with E-state index in [0.717, 1.165) is 40.2 Å². The first-order valence-electron chi connectivity index (χ1n) is 9.89. The summed E-state index contributed by atoms with van der Waals surface area (Å²) < 4.78 is 5.82. The summed E-state index contributed by atoms with van der Waals surface area (Å²) in [6.07, 6.45) is 8.28. The fourth-order valence-electron chi connectivity index (χ4n) is 6.56. The molecule has 0 heterocycles. The van der Waals surface area contributed by atoms with Crippen molar-refractivity contribution in [3.63, 3.8) is 0 Å². The maximum atomic E-state index is 9.51. The summed E-state index contributed by atoms with van der Waals surface area (Å²) in [6, 6.07) is 16.8. The van der Waals surface area contributed by atoms with E-state index in [4.69, 9.17) is 4.74 Å². The van der Waals surface area contributed by atoms with Gasteiger partial charge in [-0.2, -0.15) is 5.26 Å². The van der Waals surface area contributed by atoms with Crippen LogP contribution >= 0.6 is 0 Å². The van der Waals surface area contributed by atoms with E-state index in [9.17, 15) is 5.26 Å². The van der Waals surface area contributed by atoms with Crippen molar-refractivity contribution in [1.82, 2.24) is 0 Å². The molecule has 4 aliphatic rings. The van der Waals surface area contributed by atoms with Crippen molar-refractivity contribution in [3.05, 3.63) is 53.6 Å². The topological polar surface area (TPSA) is 33.0 Å². The Hall–Kier alpha value is -2.27. The predicted octanol–water partition coefficient (Wildman–Crippen LogP) is 5.70. The van der Waals surface area contributed by atoms with Crippen LogP contribution in [0.15, 0.2) is 42.5 Å². The predicted molar refractivity (Wildman–Crippen MR) is 103 cm³/mol. The standard InChI is InChI=1S/C24H25NO/c1-26-23-7-6-19(21-5-3-2-4-20(21)15-25)11-22(23)24-12-16-8-17(13-24)10-18(9-16)14-24/h2-7,11,16-18H,8-10,12-14H2,1H3. The van der Waals surface area contributed by atoms with Gasteiger partial charge in [0.15, 0.2) is 0 Å². The van der Waals surface area contributed by atoms with Gasteiger partial charge in [0.05, 0.1) is 18.7 Å². The number of nitrogens with zero attached hydrogens (tertiary/aromatic N) is 1. The number of benzene rings is 2. The molecule has 4 saturated carbocycles. The third-order valence-electron chi connectivity index (χ3n) is 7.17. The molecule has 0 aliphatic heterocycles. The van der Waals surface area contributed by atoms with Gasteiger partial charge in [-0.1, -0.05) is 24.3 Å². The van der Waals surface area contributed by atoms with E-state index in [-0.39, 0.29) is 5.41 Å². The zero-order valence-electron chi connectivity index (χ0n) is 15.4. The Kier molecular flexibility index (Phi) is 3.60. The van der Waals surface area contributed by atoms with Gasteiger partial charge >= 0.3 is 0 Å². The zero-order chi connectivity index (χ0) is 17.7. The van der Waals surface area contributed by atoms with E-state index in [1.165, 1.54) is 44.1 Å². The van der Waals surface area contributed by atoms with E-state index in [1.54, 1.807) is 7.11 Å². The fraction of sp³-hybridized carbons (Fsp3) is 0.458. The van der Waals surface area contributed by atoms with Gasteiger partial charge in [0.2, 0.25) is 0 Å². The SMILES string of the molecule is COc1ccc(-c2ccccc2C#N)cc1C12CC3CC(CC(C3)C1)C2. The molecular formula is C24H25NO. The van der Waals surface area contributed by atoms with Gasteiger partial charge in [0.25, 0.3) is 0 Å². The lowest BCUT2D eigenvalue weighted by Crippen LogP contribution is -2.48. The van der Waals surface area contributed by atoms with Crippen LogP contribution in [0.2, 0.25) is 0 Å². The number of hydrogen-bond acceptors (Lipinski definition) is 2. The minimum atomic E-state index is 0.289. The Balaban J connectivity index is 1.64. The normalized spacial score (nSPS) is 31.6. The second kappa shape index (κ2) is 5.88. The van der Waals surface area contributed by atoms with Crippen LogP contribution in [0.3, 0.4) is 0 Å². The van der Waals surface area contributed by atoms with Crippen LogP contribution in [0.25, 0.3) is 11.1 Å². The molecule has 132 valence electrons. The summed E-state index contributed by atoms with van der Waals surface area (Å²) in [4.78, 5) is 0. The Bertz CT molecular complexity index is 856. The maximum Gasteiger partial charge on any atom is 0.122 e. The summed E-state index contributed by atoms with van der Waals surface area (Å²) in [7, 11) is 1.79. The fourth-order valence-corrected chi connectivity index (χ4v) is 6.56. The smallest absolute Gasteiger partial charge is 0.122 e. The van der Waals surface area contributed by atoms with Crippen LogP contribution < -0.4 is 4.74 Å². The number of rotatable bonds is 3. The molecule has 0 saturated heterocycles. The van der Waals surface area contributed by atoms with Gasteiger partial charge in [-0.05, 0) is 91.0 Å². The second-order valence-corrected chi connectivity index (χ2v) is 8.77. The van der Waals surface area contributed by atoms with Crippen LogP contribution in [-0.2, 0) is 5.41 Å². The van der Waals surface area contributed by atoms with E-state index in [2.05, 4.69) is 30.3 Å². The first kappa shape index (κ1) is 15.9. The monoisotopic (exact) mass is 343 g/mol. The maximum absolute atomic E-state index is 9.51. The van der Waals surface area contributed by atoms with Crippen molar-refractivity contribution in [2.75, 3.05) is 7.11 Å². The van der Waals surface area contributed by atoms with Crippen molar-refractivity contribution >= 4 is 0 Å². The molecule has 0 atom stereocenters. The molecule has 2 aromatic rings. The van der Waals surface area contributed by atoms with Crippen LogP contribution in [0.5, 0.6) is 5.75 Å². The highest BCUT2D eigenvalue weighted by Crippen LogP contribution is 2.62. The van der Waals surface area contributed by atoms with E-state index >= 15 is 0 Å². The molecule has 0 N–H and O–H groups in total. The highest BCUT2D eigenvalue weighted by Gasteiger charge is 2.52. The van der Waals surface area contributed by atoms with Crippen LogP contribution in [0, 0.1) is 29.1 Å². The van der Waals surface area contributed by atoms with Crippen molar-refractivity contribution in [2.45, 2.75) is 43.9 Å². The first-order chi connectivity index (χ1) is 12.7. The van der Waals surface area contributed by atoms with E-state index in [1.807, 2.05) is 18.2 Å². The zero-order valence-corrected chi connectivity index (χ0v) is 15.4. The molecule has 2 heteroatoms. The van der Waals surface area contributed by atoms with Gasteiger partial charge in [0, 0.05) is 5.56 Å². The number of hydrogen-bond donors (Lipinski definition) is 0. The lowest BCUT2D eigenvalue weighted by Gasteiger charge is -2.57. The minimum absolute atomic E-state index is 0.289. The third-order valence-corrected chi connectivity index (χ3v) is 7.17. The van der Waals surface area contributed by atoms with Crippen molar-refractivity contribution in [2.24, 2.45) is 17.8 Å². The molecule has 0 aromatic heterocycles. The van der Waals surface area contributed by atoms with Crippen LogP contribution in [0.1, 0.15) is 49.7 Å². The average molecular weight is 343 g/mol. The molecule has 0 amide bonds.